The van der Waals surface area contributed by atoms with Gasteiger partial charge < -0.3 is 5.32 Å². The van der Waals surface area contributed by atoms with Gasteiger partial charge in [-0.2, -0.15) is 0 Å². The molecular formula is C15H22N2. The molecule has 3 atom stereocenters. The number of hydrogen-bond acceptors (Lipinski definition) is 2. The lowest BCUT2D eigenvalue weighted by molar-refractivity contribution is 0.163. The molecule has 1 N–H and O–H groups in total. The van der Waals surface area contributed by atoms with E-state index in [0.717, 1.165) is 6.04 Å². The maximum atomic E-state index is 3.53. The Bertz CT molecular complexity index is 402. The maximum Gasteiger partial charge on any atom is 0.0481 e. The van der Waals surface area contributed by atoms with Gasteiger partial charge in [-0.05, 0) is 50.9 Å². The van der Waals surface area contributed by atoms with E-state index in [1.165, 1.54) is 36.9 Å². The predicted octanol–water partition coefficient (Wildman–Crippen LogP) is 2.36. The highest BCUT2D eigenvalue weighted by atomic mass is 15.2. The standard InChI is InChI=1S/C15H22N2/c1-11-6-5-9-17(11)14-10-12-7-3-4-8-13(12)15(14)16-2/h3-4,7-8,11,14-16H,5-6,9-10H2,1-2H3. The van der Waals surface area contributed by atoms with E-state index in [0.29, 0.717) is 12.1 Å². The van der Waals surface area contributed by atoms with Gasteiger partial charge in [0, 0.05) is 18.1 Å². The monoisotopic (exact) mass is 230 g/mol. The first-order valence-electron chi connectivity index (χ1n) is 6.82. The van der Waals surface area contributed by atoms with Crippen molar-refractivity contribution in [3.05, 3.63) is 35.4 Å². The summed E-state index contributed by atoms with van der Waals surface area (Å²) >= 11 is 0. The Morgan fingerprint density at radius 2 is 2.12 bits per heavy atom. The summed E-state index contributed by atoms with van der Waals surface area (Å²) in [6, 6.07) is 10.9. The number of rotatable bonds is 2. The summed E-state index contributed by atoms with van der Waals surface area (Å²) < 4.78 is 0. The molecule has 17 heavy (non-hydrogen) atoms. The van der Waals surface area contributed by atoms with Crippen molar-refractivity contribution in [1.82, 2.24) is 10.2 Å². The molecular weight excluding hydrogens is 208 g/mol. The molecule has 3 rings (SSSR count). The van der Waals surface area contributed by atoms with Crippen molar-refractivity contribution in [2.24, 2.45) is 0 Å². The number of nitrogens with one attached hydrogen (secondary N) is 1. The van der Waals surface area contributed by atoms with Gasteiger partial charge in [0.2, 0.25) is 0 Å². The molecule has 0 amide bonds. The Kier molecular flexibility index (Phi) is 2.93. The van der Waals surface area contributed by atoms with Crippen LogP contribution in [-0.4, -0.2) is 30.6 Å². The van der Waals surface area contributed by atoms with Crippen LogP contribution in [0.3, 0.4) is 0 Å². The molecule has 2 heteroatoms. The van der Waals surface area contributed by atoms with Gasteiger partial charge in [-0.3, -0.25) is 4.90 Å². The molecule has 2 aliphatic rings. The van der Waals surface area contributed by atoms with Crippen LogP contribution in [0.5, 0.6) is 0 Å². The number of fused-ring (bicyclic) bond motifs is 1. The first-order chi connectivity index (χ1) is 8.31. The van der Waals surface area contributed by atoms with Gasteiger partial charge in [-0.15, -0.1) is 0 Å². The van der Waals surface area contributed by atoms with Crippen molar-refractivity contribution in [2.75, 3.05) is 13.6 Å². The minimum Gasteiger partial charge on any atom is -0.312 e. The van der Waals surface area contributed by atoms with Crippen molar-refractivity contribution >= 4 is 0 Å². The molecule has 92 valence electrons. The Morgan fingerprint density at radius 3 is 2.82 bits per heavy atom. The first-order valence-corrected chi connectivity index (χ1v) is 6.82. The van der Waals surface area contributed by atoms with Crippen molar-refractivity contribution in [2.45, 2.75) is 44.3 Å². The van der Waals surface area contributed by atoms with Crippen LogP contribution >= 0.6 is 0 Å². The van der Waals surface area contributed by atoms with E-state index in [9.17, 15) is 0 Å². The highest BCUT2D eigenvalue weighted by Crippen LogP contribution is 2.37. The fraction of sp³-hybridized carbons (Fsp3) is 0.600. The number of nitrogens with zero attached hydrogens (tertiary/aromatic N) is 1. The van der Waals surface area contributed by atoms with Gasteiger partial charge in [-0.1, -0.05) is 24.3 Å². The second-order valence-corrected chi connectivity index (χ2v) is 5.47. The van der Waals surface area contributed by atoms with E-state index in [2.05, 4.69) is 48.5 Å². The summed E-state index contributed by atoms with van der Waals surface area (Å²) in [5.74, 6) is 0. The summed E-state index contributed by atoms with van der Waals surface area (Å²) in [4.78, 5) is 2.71. The van der Waals surface area contributed by atoms with E-state index in [4.69, 9.17) is 0 Å². The van der Waals surface area contributed by atoms with Crippen molar-refractivity contribution in [1.29, 1.82) is 0 Å². The smallest absolute Gasteiger partial charge is 0.0481 e. The maximum absolute atomic E-state index is 3.53. The minimum absolute atomic E-state index is 0.520. The number of hydrogen-bond donors (Lipinski definition) is 1. The summed E-state index contributed by atoms with van der Waals surface area (Å²) in [5, 5.41) is 3.53. The molecule has 0 aromatic heterocycles. The van der Waals surface area contributed by atoms with Gasteiger partial charge in [-0.25, -0.2) is 0 Å². The van der Waals surface area contributed by atoms with Gasteiger partial charge >= 0.3 is 0 Å². The van der Waals surface area contributed by atoms with Gasteiger partial charge in [0.15, 0.2) is 0 Å². The Hall–Kier alpha value is -0.860. The van der Waals surface area contributed by atoms with Crippen LogP contribution in [0.15, 0.2) is 24.3 Å². The summed E-state index contributed by atoms with van der Waals surface area (Å²) in [5.41, 5.74) is 3.05. The first kappa shape index (κ1) is 11.2. The second-order valence-electron chi connectivity index (χ2n) is 5.47. The molecule has 1 aliphatic carbocycles. The van der Waals surface area contributed by atoms with Crippen molar-refractivity contribution in [3.63, 3.8) is 0 Å². The molecule has 0 spiro atoms. The molecule has 1 heterocycles. The van der Waals surface area contributed by atoms with Gasteiger partial charge in [0.25, 0.3) is 0 Å². The Morgan fingerprint density at radius 1 is 1.29 bits per heavy atom. The zero-order valence-electron chi connectivity index (χ0n) is 10.8. The van der Waals surface area contributed by atoms with E-state index in [1.54, 1.807) is 0 Å². The van der Waals surface area contributed by atoms with Gasteiger partial charge in [0.1, 0.15) is 0 Å². The van der Waals surface area contributed by atoms with Crippen LogP contribution in [0.4, 0.5) is 0 Å². The normalized spacial score (nSPS) is 32.9. The van der Waals surface area contributed by atoms with Crippen LogP contribution in [0.25, 0.3) is 0 Å². The number of likely N-dealkylation sites (N-methyl/N-ethyl adjacent to an activating group) is 1. The Labute approximate surface area is 104 Å². The van der Waals surface area contributed by atoms with Crippen LogP contribution in [0.1, 0.15) is 36.9 Å². The Balaban J connectivity index is 1.89. The highest BCUT2D eigenvalue weighted by Gasteiger charge is 2.38. The van der Waals surface area contributed by atoms with E-state index in [1.807, 2.05) is 0 Å². The third-order valence-corrected chi connectivity index (χ3v) is 4.55. The second kappa shape index (κ2) is 4.43. The molecule has 1 aromatic carbocycles. The van der Waals surface area contributed by atoms with E-state index >= 15 is 0 Å². The van der Waals surface area contributed by atoms with Crippen LogP contribution in [-0.2, 0) is 6.42 Å². The average molecular weight is 230 g/mol. The van der Waals surface area contributed by atoms with Crippen molar-refractivity contribution in [3.8, 4) is 0 Å². The third-order valence-electron chi connectivity index (χ3n) is 4.55. The predicted molar refractivity (Wildman–Crippen MR) is 71.1 cm³/mol. The van der Waals surface area contributed by atoms with Crippen LogP contribution in [0.2, 0.25) is 0 Å². The molecule has 0 radical (unpaired) electrons. The van der Waals surface area contributed by atoms with Crippen LogP contribution < -0.4 is 5.32 Å². The zero-order valence-corrected chi connectivity index (χ0v) is 10.8. The number of likely N-dealkylation sites (tertiary alicyclic amines) is 1. The molecule has 1 aromatic rings. The summed E-state index contributed by atoms with van der Waals surface area (Å²) in [6.07, 6.45) is 3.94. The summed E-state index contributed by atoms with van der Waals surface area (Å²) in [7, 11) is 2.10. The minimum atomic E-state index is 0.520. The molecule has 2 nitrogen and oxygen atoms in total. The van der Waals surface area contributed by atoms with Crippen molar-refractivity contribution < 1.29 is 0 Å². The quantitative estimate of drug-likeness (QED) is 0.839. The van der Waals surface area contributed by atoms with Crippen LogP contribution in [0, 0.1) is 0 Å². The lowest BCUT2D eigenvalue weighted by Gasteiger charge is -2.33. The fourth-order valence-corrected chi connectivity index (χ4v) is 3.68. The lowest BCUT2D eigenvalue weighted by atomic mass is 10.1. The SMILES string of the molecule is CNC1c2ccccc2CC1N1CCCC1C. The molecule has 1 aliphatic heterocycles. The zero-order chi connectivity index (χ0) is 11.8. The largest absolute Gasteiger partial charge is 0.312 e. The molecule has 0 saturated carbocycles. The number of benzene rings is 1. The lowest BCUT2D eigenvalue weighted by Crippen LogP contribution is -2.43. The molecule has 1 fully saturated rings. The molecule has 1 saturated heterocycles. The van der Waals surface area contributed by atoms with E-state index < -0.39 is 0 Å². The molecule has 3 unspecified atom stereocenters. The summed E-state index contributed by atoms with van der Waals surface area (Å²) in [6.45, 7) is 3.65. The fourth-order valence-electron chi connectivity index (χ4n) is 3.68. The average Bonchev–Trinajstić information content (AvgIpc) is 2.91. The third kappa shape index (κ3) is 1.80. The topological polar surface area (TPSA) is 15.3 Å². The van der Waals surface area contributed by atoms with Gasteiger partial charge in [0.05, 0.1) is 0 Å². The highest BCUT2D eigenvalue weighted by molar-refractivity contribution is 5.37. The van der Waals surface area contributed by atoms with E-state index in [-0.39, 0.29) is 0 Å². The molecule has 0 bridgehead atoms.